The molecule has 0 unspecified atom stereocenters. The molecule has 194 valence electrons. The summed E-state index contributed by atoms with van der Waals surface area (Å²) in [5.74, 6) is -0.748. The maximum atomic E-state index is 13.2. The minimum Gasteiger partial charge on any atom is -0.463 e. The molecule has 0 fully saturated rings. The Morgan fingerprint density at radius 1 is 1.22 bits per heavy atom. The number of rotatable bonds is 6. The van der Waals surface area contributed by atoms with Gasteiger partial charge in [-0.05, 0) is 28.4 Å². The Labute approximate surface area is 217 Å². The maximum absolute atomic E-state index is 13.2. The molecule has 1 aliphatic rings. The highest BCUT2D eigenvalue weighted by Gasteiger charge is 2.38. The second-order valence-corrected chi connectivity index (χ2v) is 8.93. The number of imidazole rings is 1. The Bertz CT molecular complexity index is 1620. The summed E-state index contributed by atoms with van der Waals surface area (Å²) in [6.45, 7) is 1.47. The monoisotopic (exact) mass is 575 g/mol. The Kier molecular flexibility index (Phi) is 6.73. The zero-order chi connectivity index (χ0) is 27.2. The van der Waals surface area contributed by atoms with Crippen LogP contribution in [-0.4, -0.2) is 54.2 Å². The molecule has 15 heteroatoms. The van der Waals surface area contributed by atoms with Crippen LogP contribution in [0.4, 0.5) is 10.5 Å². The molecule has 0 saturated carbocycles. The SMILES string of the molecule is CCOC(=O)C1=C(Cn2c(Br)nc3c2c(=O)n(C)c(=O)n3C)N(C)C(=O)N[C@H]1c1cccc([N+](=O)[O-])c1. The minimum absolute atomic E-state index is 0.0276. The molecule has 2 aromatic heterocycles. The molecular formula is C22H22BrN7O7. The van der Waals surface area contributed by atoms with Crippen LogP contribution in [-0.2, 0) is 30.2 Å². The van der Waals surface area contributed by atoms with Crippen molar-refractivity contribution >= 4 is 44.8 Å². The molecule has 4 rings (SSSR count). The van der Waals surface area contributed by atoms with Gasteiger partial charge in [-0.15, -0.1) is 0 Å². The number of halogens is 1. The van der Waals surface area contributed by atoms with Crippen molar-refractivity contribution in [2.75, 3.05) is 13.7 Å². The van der Waals surface area contributed by atoms with Crippen LogP contribution < -0.4 is 16.6 Å². The lowest BCUT2D eigenvalue weighted by Crippen LogP contribution is -2.47. The Morgan fingerprint density at radius 3 is 2.57 bits per heavy atom. The molecule has 0 spiro atoms. The van der Waals surface area contributed by atoms with Gasteiger partial charge >= 0.3 is 17.7 Å². The number of urea groups is 1. The lowest BCUT2D eigenvalue weighted by Gasteiger charge is -2.34. The number of hydrogen-bond acceptors (Lipinski definition) is 8. The van der Waals surface area contributed by atoms with Crippen molar-refractivity contribution in [3.05, 3.63) is 76.8 Å². The van der Waals surface area contributed by atoms with Gasteiger partial charge in [0, 0.05) is 33.3 Å². The quantitative estimate of drug-likeness (QED) is 0.199. The highest BCUT2D eigenvalue weighted by atomic mass is 79.9. The average molecular weight is 576 g/mol. The van der Waals surface area contributed by atoms with E-state index >= 15 is 0 Å². The van der Waals surface area contributed by atoms with Crippen molar-refractivity contribution in [1.82, 2.24) is 28.9 Å². The fourth-order valence-electron chi connectivity index (χ4n) is 4.18. The number of nitro benzene ring substituents is 1. The second-order valence-electron chi connectivity index (χ2n) is 8.22. The number of non-ortho nitro benzene ring substituents is 1. The summed E-state index contributed by atoms with van der Waals surface area (Å²) in [6, 6.07) is 3.91. The van der Waals surface area contributed by atoms with Crippen molar-refractivity contribution in [3.63, 3.8) is 0 Å². The van der Waals surface area contributed by atoms with Crippen molar-refractivity contribution in [1.29, 1.82) is 0 Å². The van der Waals surface area contributed by atoms with E-state index in [0.717, 1.165) is 4.57 Å². The maximum Gasteiger partial charge on any atom is 0.338 e. The predicted molar refractivity (Wildman–Crippen MR) is 134 cm³/mol. The summed E-state index contributed by atoms with van der Waals surface area (Å²) >= 11 is 3.32. The standard InChI is InChI=1S/C22H22BrN7O7/c1-5-37-19(32)14-13(10-29-16-17(25-20(29)23)27(3)22(34)28(4)18(16)31)26(2)21(33)24-15(14)11-7-6-8-12(9-11)30(35)36/h6-9,15H,5,10H2,1-4H3,(H,24,33)/t15-/m0/s1. The molecule has 3 heterocycles. The highest BCUT2D eigenvalue weighted by molar-refractivity contribution is 9.10. The molecule has 3 aromatic rings. The first-order valence-electron chi connectivity index (χ1n) is 11.0. The van der Waals surface area contributed by atoms with E-state index in [1.54, 1.807) is 13.0 Å². The van der Waals surface area contributed by atoms with E-state index in [9.17, 15) is 29.3 Å². The van der Waals surface area contributed by atoms with E-state index in [1.165, 1.54) is 53.4 Å². The second kappa shape index (κ2) is 9.65. The van der Waals surface area contributed by atoms with E-state index in [-0.39, 0.29) is 46.0 Å². The molecular weight excluding hydrogens is 554 g/mol. The molecule has 0 saturated heterocycles. The molecule has 2 amide bonds. The van der Waals surface area contributed by atoms with Gasteiger partial charge in [0.1, 0.15) is 0 Å². The van der Waals surface area contributed by atoms with E-state index in [2.05, 4.69) is 26.2 Å². The molecule has 1 aliphatic heterocycles. The number of nitro groups is 1. The summed E-state index contributed by atoms with van der Waals surface area (Å²) in [4.78, 5) is 67.9. The number of benzene rings is 1. The number of esters is 1. The van der Waals surface area contributed by atoms with Crippen LogP contribution in [0.1, 0.15) is 18.5 Å². The Hall–Kier alpha value is -4.27. The van der Waals surface area contributed by atoms with E-state index < -0.39 is 34.2 Å². The number of amides is 2. The van der Waals surface area contributed by atoms with E-state index in [0.29, 0.717) is 5.56 Å². The number of ether oxygens (including phenoxy) is 1. The van der Waals surface area contributed by atoms with Crippen LogP contribution in [0.15, 0.2) is 49.9 Å². The van der Waals surface area contributed by atoms with Crippen molar-refractivity contribution in [2.24, 2.45) is 14.1 Å². The van der Waals surface area contributed by atoms with Gasteiger partial charge in [0.25, 0.3) is 11.2 Å². The summed E-state index contributed by atoms with van der Waals surface area (Å²) in [7, 11) is 4.24. The first-order valence-corrected chi connectivity index (χ1v) is 11.8. The van der Waals surface area contributed by atoms with Crippen LogP contribution in [0.25, 0.3) is 11.2 Å². The summed E-state index contributed by atoms with van der Waals surface area (Å²) in [6.07, 6.45) is 0. The van der Waals surface area contributed by atoms with Crippen LogP contribution in [0.3, 0.4) is 0 Å². The van der Waals surface area contributed by atoms with Gasteiger partial charge in [0.05, 0.1) is 35.4 Å². The van der Waals surface area contributed by atoms with E-state index in [1.807, 2.05) is 0 Å². The topological polar surface area (TPSA) is 164 Å². The van der Waals surface area contributed by atoms with Gasteiger partial charge in [0.2, 0.25) is 0 Å². The number of allylic oxidation sites excluding steroid dienone is 1. The number of aromatic nitrogens is 4. The zero-order valence-electron chi connectivity index (χ0n) is 20.2. The fourth-order valence-corrected chi connectivity index (χ4v) is 4.65. The molecule has 1 aromatic carbocycles. The van der Waals surface area contributed by atoms with Crippen molar-refractivity contribution in [3.8, 4) is 0 Å². The highest BCUT2D eigenvalue weighted by Crippen LogP contribution is 2.34. The first-order chi connectivity index (χ1) is 17.5. The van der Waals surface area contributed by atoms with Gasteiger partial charge in [-0.2, -0.15) is 0 Å². The predicted octanol–water partition coefficient (Wildman–Crippen LogP) is 1.32. The number of carbonyl (C=O) groups excluding carboxylic acids is 2. The third-order valence-corrected chi connectivity index (χ3v) is 6.70. The minimum atomic E-state index is -1.07. The number of likely N-dealkylation sites (N-methyl/N-ethyl adjacent to an activating group) is 1. The average Bonchev–Trinajstić information content (AvgIpc) is 3.20. The lowest BCUT2D eigenvalue weighted by molar-refractivity contribution is -0.384. The molecule has 0 aliphatic carbocycles. The van der Waals surface area contributed by atoms with Crippen LogP contribution >= 0.6 is 15.9 Å². The van der Waals surface area contributed by atoms with Gasteiger partial charge in [-0.25, -0.2) is 19.4 Å². The molecule has 1 N–H and O–H groups in total. The van der Waals surface area contributed by atoms with Crippen LogP contribution in [0.5, 0.6) is 0 Å². The molecule has 0 radical (unpaired) electrons. The summed E-state index contributed by atoms with van der Waals surface area (Å²) in [5.41, 5.74) is -0.731. The van der Waals surface area contributed by atoms with Gasteiger partial charge < -0.3 is 14.6 Å². The lowest BCUT2D eigenvalue weighted by atomic mass is 9.94. The number of carbonyl (C=O) groups is 2. The van der Waals surface area contributed by atoms with Crippen molar-refractivity contribution < 1.29 is 19.2 Å². The van der Waals surface area contributed by atoms with Crippen molar-refractivity contribution in [2.45, 2.75) is 19.5 Å². The van der Waals surface area contributed by atoms with Crippen LogP contribution in [0, 0.1) is 10.1 Å². The summed E-state index contributed by atoms with van der Waals surface area (Å²) in [5, 5.41) is 14.0. The molecule has 0 bridgehead atoms. The number of nitrogens with one attached hydrogen (secondary N) is 1. The fraction of sp³-hybridized carbons (Fsp3) is 0.318. The summed E-state index contributed by atoms with van der Waals surface area (Å²) < 4.78 is 9.04. The van der Waals surface area contributed by atoms with Crippen LogP contribution in [0.2, 0.25) is 0 Å². The zero-order valence-corrected chi connectivity index (χ0v) is 21.8. The number of aryl methyl sites for hydroxylation is 1. The third kappa shape index (κ3) is 4.30. The number of hydrogen-bond donors (Lipinski definition) is 1. The normalized spacial score (nSPS) is 15.8. The van der Waals surface area contributed by atoms with Gasteiger partial charge in [0.15, 0.2) is 15.9 Å². The Balaban J connectivity index is 1.99. The largest absolute Gasteiger partial charge is 0.463 e. The van der Waals surface area contributed by atoms with Gasteiger partial charge in [-0.1, -0.05) is 12.1 Å². The van der Waals surface area contributed by atoms with E-state index in [4.69, 9.17) is 4.74 Å². The number of nitrogens with zero attached hydrogens (tertiary/aromatic N) is 6. The molecule has 14 nitrogen and oxygen atoms in total. The first kappa shape index (κ1) is 25.8. The smallest absolute Gasteiger partial charge is 0.338 e. The van der Waals surface area contributed by atoms with Gasteiger partial charge in [-0.3, -0.25) is 28.9 Å². The third-order valence-electron chi connectivity index (χ3n) is 6.10. The molecule has 1 atom stereocenters. The number of fused-ring (bicyclic) bond motifs is 1. The Morgan fingerprint density at radius 2 is 1.92 bits per heavy atom. The molecule has 37 heavy (non-hydrogen) atoms.